The molecular formula is C20H19Cl2N3O4. The van der Waals surface area contributed by atoms with E-state index in [4.69, 9.17) is 27.9 Å². The number of non-ortho nitro benzene ring substituents is 1. The molecule has 0 N–H and O–H groups in total. The number of methoxy groups -OCH3 is 1. The Hall–Kier alpha value is -2.77. The number of hydrogen-bond acceptors (Lipinski definition) is 5. The summed E-state index contributed by atoms with van der Waals surface area (Å²) in [6, 6.07) is 9.69. The van der Waals surface area contributed by atoms with Crippen LogP contribution in [0.3, 0.4) is 0 Å². The molecule has 0 aromatic heterocycles. The minimum Gasteiger partial charge on any atom is -0.495 e. The third-order valence-electron chi connectivity index (χ3n) is 4.66. The Kier molecular flexibility index (Phi) is 6.61. The van der Waals surface area contributed by atoms with Gasteiger partial charge in [-0.15, -0.1) is 0 Å². The Morgan fingerprint density at radius 1 is 1.14 bits per heavy atom. The standard InChI is InChI=1S/C20H19Cl2N3O4/c1-29-20-14(12-15(21)13-18(20)22)2-7-19(26)24-10-8-23(9-11-24)16-3-5-17(6-4-16)25(27)28/h2-7,12-13H,8-11H2,1H3. The summed E-state index contributed by atoms with van der Waals surface area (Å²) in [4.78, 5) is 26.7. The largest absolute Gasteiger partial charge is 0.495 e. The van der Waals surface area contributed by atoms with Crippen molar-refractivity contribution in [2.75, 3.05) is 38.2 Å². The lowest BCUT2D eigenvalue weighted by molar-refractivity contribution is -0.384. The maximum atomic E-state index is 12.5. The number of ether oxygens (including phenoxy) is 1. The Morgan fingerprint density at radius 3 is 2.38 bits per heavy atom. The summed E-state index contributed by atoms with van der Waals surface area (Å²) in [7, 11) is 1.51. The predicted octanol–water partition coefficient (Wildman–Crippen LogP) is 4.27. The number of nitro benzene ring substituents is 1. The van der Waals surface area contributed by atoms with Gasteiger partial charge in [0, 0.05) is 60.7 Å². The molecule has 2 aromatic rings. The Morgan fingerprint density at radius 2 is 1.79 bits per heavy atom. The van der Waals surface area contributed by atoms with Gasteiger partial charge in [0.25, 0.3) is 5.69 Å². The summed E-state index contributed by atoms with van der Waals surface area (Å²) < 4.78 is 5.28. The third kappa shape index (κ3) is 4.99. The molecule has 9 heteroatoms. The fourth-order valence-electron chi connectivity index (χ4n) is 3.16. The number of halogens is 2. The molecule has 2 aromatic carbocycles. The van der Waals surface area contributed by atoms with Gasteiger partial charge < -0.3 is 14.5 Å². The molecule has 0 saturated carbocycles. The number of nitro groups is 1. The summed E-state index contributed by atoms with van der Waals surface area (Å²) in [5.74, 6) is 0.342. The zero-order valence-electron chi connectivity index (χ0n) is 15.7. The predicted molar refractivity (Wildman–Crippen MR) is 114 cm³/mol. The summed E-state index contributed by atoms with van der Waals surface area (Å²) in [6.45, 7) is 2.38. The monoisotopic (exact) mass is 435 g/mol. The van der Waals surface area contributed by atoms with E-state index in [-0.39, 0.29) is 11.6 Å². The zero-order chi connectivity index (χ0) is 21.0. The molecule has 0 bridgehead atoms. The van der Waals surface area contributed by atoms with Crippen molar-refractivity contribution in [2.24, 2.45) is 0 Å². The first kappa shape index (κ1) is 21.0. The Labute approximate surface area is 178 Å². The van der Waals surface area contributed by atoms with Gasteiger partial charge in [-0.3, -0.25) is 14.9 Å². The highest BCUT2D eigenvalue weighted by atomic mass is 35.5. The van der Waals surface area contributed by atoms with Gasteiger partial charge in [0.15, 0.2) is 0 Å². The molecule has 1 aliphatic heterocycles. The Bertz CT molecular complexity index is 939. The number of hydrogen-bond donors (Lipinski definition) is 0. The van der Waals surface area contributed by atoms with E-state index in [9.17, 15) is 14.9 Å². The van der Waals surface area contributed by atoms with Crippen LogP contribution in [0.5, 0.6) is 5.75 Å². The van der Waals surface area contributed by atoms with Crippen LogP contribution in [-0.2, 0) is 4.79 Å². The van der Waals surface area contributed by atoms with Gasteiger partial charge in [-0.2, -0.15) is 0 Å². The van der Waals surface area contributed by atoms with E-state index in [1.807, 2.05) is 0 Å². The van der Waals surface area contributed by atoms with E-state index < -0.39 is 4.92 Å². The zero-order valence-corrected chi connectivity index (χ0v) is 17.2. The van der Waals surface area contributed by atoms with E-state index >= 15 is 0 Å². The molecule has 0 radical (unpaired) electrons. The van der Waals surface area contributed by atoms with Crippen molar-refractivity contribution in [3.05, 3.63) is 68.2 Å². The van der Waals surface area contributed by atoms with E-state index in [0.29, 0.717) is 47.5 Å². The van der Waals surface area contributed by atoms with Gasteiger partial charge in [0.05, 0.1) is 17.1 Å². The highest BCUT2D eigenvalue weighted by Gasteiger charge is 2.20. The van der Waals surface area contributed by atoms with Crippen LogP contribution in [0.1, 0.15) is 5.56 Å². The number of amides is 1. The second-order valence-electron chi connectivity index (χ2n) is 6.43. The van der Waals surface area contributed by atoms with Crippen molar-refractivity contribution in [1.82, 2.24) is 4.90 Å². The molecular weight excluding hydrogens is 417 g/mol. The van der Waals surface area contributed by atoms with Crippen molar-refractivity contribution < 1.29 is 14.5 Å². The number of carbonyl (C=O) groups excluding carboxylic acids is 1. The molecule has 0 spiro atoms. The van der Waals surface area contributed by atoms with Crippen LogP contribution in [-0.4, -0.2) is 49.0 Å². The van der Waals surface area contributed by atoms with E-state index in [2.05, 4.69) is 4.90 Å². The quantitative estimate of drug-likeness (QED) is 0.398. The maximum Gasteiger partial charge on any atom is 0.269 e. The van der Waals surface area contributed by atoms with Crippen LogP contribution in [0.2, 0.25) is 10.0 Å². The molecule has 0 aliphatic carbocycles. The van der Waals surface area contributed by atoms with E-state index in [1.165, 1.54) is 25.3 Å². The average Bonchev–Trinajstić information content (AvgIpc) is 2.72. The number of carbonyl (C=O) groups is 1. The van der Waals surface area contributed by atoms with Gasteiger partial charge in [-0.05, 0) is 30.3 Å². The number of benzene rings is 2. The SMILES string of the molecule is COc1c(Cl)cc(Cl)cc1C=CC(=O)N1CCN(c2ccc([N+](=O)[O-])cc2)CC1. The number of piperazine rings is 1. The molecule has 29 heavy (non-hydrogen) atoms. The first-order chi connectivity index (χ1) is 13.9. The lowest BCUT2D eigenvalue weighted by atomic mass is 10.1. The fraction of sp³-hybridized carbons (Fsp3) is 0.250. The number of anilines is 1. The van der Waals surface area contributed by atoms with Crippen LogP contribution in [0.4, 0.5) is 11.4 Å². The second-order valence-corrected chi connectivity index (χ2v) is 7.27. The van der Waals surface area contributed by atoms with Gasteiger partial charge >= 0.3 is 0 Å². The van der Waals surface area contributed by atoms with Gasteiger partial charge in [-0.1, -0.05) is 23.2 Å². The summed E-state index contributed by atoms with van der Waals surface area (Å²) in [5, 5.41) is 11.6. The summed E-state index contributed by atoms with van der Waals surface area (Å²) in [6.07, 6.45) is 3.12. The second kappa shape index (κ2) is 9.15. The highest BCUT2D eigenvalue weighted by molar-refractivity contribution is 6.36. The van der Waals surface area contributed by atoms with Crippen molar-refractivity contribution >= 4 is 46.6 Å². The van der Waals surface area contributed by atoms with Crippen LogP contribution in [0.25, 0.3) is 6.08 Å². The summed E-state index contributed by atoms with van der Waals surface area (Å²) in [5.41, 5.74) is 1.59. The van der Waals surface area contributed by atoms with Gasteiger partial charge in [-0.25, -0.2) is 0 Å². The molecule has 152 valence electrons. The Balaban J connectivity index is 1.62. The van der Waals surface area contributed by atoms with Crippen LogP contribution in [0, 0.1) is 10.1 Å². The molecule has 0 atom stereocenters. The normalized spacial score (nSPS) is 14.3. The fourth-order valence-corrected chi connectivity index (χ4v) is 3.74. The molecule has 0 unspecified atom stereocenters. The van der Waals surface area contributed by atoms with Gasteiger partial charge in [0.1, 0.15) is 5.75 Å². The molecule has 1 aliphatic rings. The first-order valence-electron chi connectivity index (χ1n) is 8.88. The first-order valence-corrected chi connectivity index (χ1v) is 9.64. The van der Waals surface area contributed by atoms with E-state index in [0.717, 1.165) is 5.69 Å². The van der Waals surface area contributed by atoms with Crippen molar-refractivity contribution in [2.45, 2.75) is 0 Å². The molecule has 1 saturated heterocycles. The van der Waals surface area contributed by atoms with Crippen molar-refractivity contribution in [3.8, 4) is 5.75 Å². The van der Waals surface area contributed by atoms with E-state index in [1.54, 1.807) is 35.2 Å². The van der Waals surface area contributed by atoms with Crippen molar-refractivity contribution in [3.63, 3.8) is 0 Å². The molecule has 3 rings (SSSR count). The number of rotatable bonds is 5. The summed E-state index contributed by atoms with van der Waals surface area (Å²) >= 11 is 12.2. The lowest BCUT2D eigenvalue weighted by Gasteiger charge is -2.35. The minimum atomic E-state index is -0.422. The molecule has 1 heterocycles. The lowest BCUT2D eigenvalue weighted by Crippen LogP contribution is -2.48. The third-order valence-corrected chi connectivity index (χ3v) is 5.16. The van der Waals surface area contributed by atoms with Crippen LogP contribution >= 0.6 is 23.2 Å². The molecule has 1 amide bonds. The maximum absolute atomic E-state index is 12.5. The van der Waals surface area contributed by atoms with Crippen LogP contribution in [0.15, 0.2) is 42.5 Å². The number of nitrogens with zero attached hydrogens (tertiary/aromatic N) is 3. The van der Waals surface area contributed by atoms with Crippen molar-refractivity contribution in [1.29, 1.82) is 0 Å². The minimum absolute atomic E-state index is 0.0595. The smallest absolute Gasteiger partial charge is 0.269 e. The molecule has 7 nitrogen and oxygen atoms in total. The average molecular weight is 436 g/mol. The highest BCUT2D eigenvalue weighted by Crippen LogP contribution is 2.33. The van der Waals surface area contributed by atoms with Crippen LogP contribution < -0.4 is 9.64 Å². The van der Waals surface area contributed by atoms with Gasteiger partial charge in [0.2, 0.25) is 5.91 Å². The topological polar surface area (TPSA) is 75.9 Å². The molecule has 1 fully saturated rings.